The molecule has 3 heterocycles. The minimum absolute atomic E-state index is 0.0932. The van der Waals surface area contributed by atoms with E-state index in [0.29, 0.717) is 18.0 Å². The van der Waals surface area contributed by atoms with E-state index in [2.05, 4.69) is 20.8 Å². The van der Waals surface area contributed by atoms with Gasteiger partial charge in [0.05, 0.1) is 5.71 Å². The molecule has 0 saturated heterocycles. The molecule has 3 aromatic rings. The van der Waals surface area contributed by atoms with Crippen LogP contribution in [-0.2, 0) is 17.8 Å². The van der Waals surface area contributed by atoms with Crippen LogP contribution in [0.15, 0.2) is 35.3 Å². The number of hydrogen-bond donors (Lipinski definition) is 0. The molecule has 6 nitrogen and oxygen atoms in total. The van der Waals surface area contributed by atoms with Gasteiger partial charge in [-0.25, -0.2) is 0 Å². The monoisotopic (exact) mass is 455 g/mol. The first-order valence-corrected chi connectivity index (χ1v) is 11.8. The number of amides is 1. The van der Waals surface area contributed by atoms with Gasteiger partial charge in [0.15, 0.2) is 5.82 Å². The zero-order chi connectivity index (χ0) is 22.1. The average molecular weight is 456 g/mol. The van der Waals surface area contributed by atoms with Gasteiger partial charge in [-0.2, -0.15) is 0 Å². The summed E-state index contributed by atoms with van der Waals surface area (Å²) in [4.78, 5) is 20.7. The Labute approximate surface area is 191 Å². The number of rotatable bonds is 6. The summed E-state index contributed by atoms with van der Waals surface area (Å²) in [5.41, 5.74) is 2.77. The first-order chi connectivity index (χ1) is 14.9. The Hall–Kier alpha value is -2.51. The molecule has 4 rings (SSSR count). The van der Waals surface area contributed by atoms with Gasteiger partial charge in [-0.15, -0.1) is 21.5 Å². The Kier molecular flexibility index (Phi) is 6.25. The number of hydrogen-bond acceptors (Lipinski definition) is 5. The van der Waals surface area contributed by atoms with E-state index in [1.54, 1.807) is 11.3 Å². The first-order valence-electron chi connectivity index (χ1n) is 10.6. The van der Waals surface area contributed by atoms with Crippen LogP contribution in [0.25, 0.3) is 5.00 Å². The number of halogens is 1. The molecule has 1 aliphatic heterocycles. The van der Waals surface area contributed by atoms with Gasteiger partial charge >= 0.3 is 0 Å². The van der Waals surface area contributed by atoms with E-state index in [4.69, 9.17) is 16.6 Å². The van der Waals surface area contributed by atoms with Crippen molar-refractivity contribution >= 4 is 34.6 Å². The molecule has 1 unspecified atom stereocenters. The van der Waals surface area contributed by atoms with Crippen LogP contribution >= 0.6 is 22.9 Å². The molecule has 0 spiro atoms. The van der Waals surface area contributed by atoms with Crippen molar-refractivity contribution in [3.05, 3.63) is 63.0 Å². The van der Waals surface area contributed by atoms with Crippen LogP contribution in [0.3, 0.4) is 0 Å². The molecular formula is C23H26ClN5OS. The molecule has 0 aliphatic carbocycles. The van der Waals surface area contributed by atoms with Crippen molar-refractivity contribution in [3.8, 4) is 5.00 Å². The third-order valence-corrected chi connectivity index (χ3v) is 7.10. The molecule has 162 valence electrons. The van der Waals surface area contributed by atoms with Gasteiger partial charge in [-0.05, 0) is 39.3 Å². The largest absolute Gasteiger partial charge is 0.343 e. The van der Waals surface area contributed by atoms with E-state index in [0.717, 1.165) is 51.5 Å². The molecule has 1 aromatic carbocycles. The minimum Gasteiger partial charge on any atom is -0.343 e. The minimum atomic E-state index is -0.0932. The standard InChI is InChI=1S/C23H26ClN5OS/c1-5-28(6-2)22(30)14(3)11-16-12-18-21(17-9-7-8-10-19(17)24)25-13-20-27-26-15(4)29(20)23(18)31-16/h7-10,12,14H,5-6,11,13H2,1-4H3. The van der Waals surface area contributed by atoms with Crippen molar-refractivity contribution in [3.63, 3.8) is 0 Å². The Bertz CT molecular complexity index is 1140. The molecule has 0 fully saturated rings. The molecule has 2 aromatic heterocycles. The lowest BCUT2D eigenvalue weighted by molar-refractivity contribution is -0.134. The molecule has 1 aliphatic rings. The van der Waals surface area contributed by atoms with Crippen molar-refractivity contribution in [1.29, 1.82) is 0 Å². The summed E-state index contributed by atoms with van der Waals surface area (Å²) in [6.45, 7) is 9.89. The quantitative estimate of drug-likeness (QED) is 0.541. The predicted octanol–water partition coefficient (Wildman–Crippen LogP) is 4.69. The molecule has 1 atom stereocenters. The average Bonchev–Trinajstić information content (AvgIpc) is 3.29. The fourth-order valence-corrected chi connectivity index (χ4v) is 5.57. The number of fused-ring (bicyclic) bond motifs is 3. The lowest BCUT2D eigenvalue weighted by atomic mass is 10.0. The first kappa shape index (κ1) is 21.7. The van der Waals surface area contributed by atoms with E-state index < -0.39 is 0 Å². The Morgan fingerprint density at radius 2 is 1.97 bits per heavy atom. The van der Waals surface area contributed by atoms with Crippen LogP contribution in [-0.4, -0.2) is 44.4 Å². The summed E-state index contributed by atoms with van der Waals surface area (Å²) in [5.74, 6) is 1.73. The summed E-state index contributed by atoms with van der Waals surface area (Å²) >= 11 is 8.21. The van der Waals surface area contributed by atoms with Crippen molar-refractivity contribution in [1.82, 2.24) is 19.7 Å². The third kappa shape index (κ3) is 4.04. The highest BCUT2D eigenvalue weighted by atomic mass is 35.5. The smallest absolute Gasteiger partial charge is 0.225 e. The second-order valence-electron chi connectivity index (χ2n) is 7.69. The number of aliphatic imine (C=N–C) groups is 1. The van der Waals surface area contributed by atoms with E-state index in [-0.39, 0.29) is 11.8 Å². The molecule has 31 heavy (non-hydrogen) atoms. The number of thiophene rings is 1. The maximum atomic E-state index is 12.8. The van der Waals surface area contributed by atoms with Gasteiger partial charge in [-0.3, -0.25) is 14.4 Å². The Morgan fingerprint density at radius 1 is 1.23 bits per heavy atom. The van der Waals surface area contributed by atoms with Crippen LogP contribution < -0.4 is 0 Å². The highest BCUT2D eigenvalue weighted by molar-refractivity contribution is 7.15. The number of carbonyl (C=O) groups is 1. The van der Waals surface area contributed by atoms with Crippen LogP contribution in [0.4, 0.5) is 0 Å². The second kappa shape index (κ2) is 8.93. The van der Waals surface area contributed by atoms with Crippen molar-refractivity contribution < 1.29 is 4.79 Å². The maximum Gasteiger partial charge on any atom is 0.225 e. The molecule has 0 saturated carbocycles. The Morgan fingerprint density at radius 3 is 2.68 bits per heavy atom. The van der Waals surface area contributed by atoms with Crippen LogP contribution in [0.2, 0.25) is 5.02 Å². The summed E-state index contributed by atoms with van der Waals surface area (Å²) < 4.78 is 2.08. The number of nitrogens with zero attached hydrogens (tertiary/aromatic N) is 5. The van der Waals surface area contributed by atoms with Gasteiger partial charge < -0.3 is 4.90 Å². The van der Waals surface area contributed by atoms with Crippen LogP contribution in [0, 0.1) is 12.8 Å². The van der Waals surface area contributed by atoms with Gasteiger partial charge in [0, 0.05) is 40.0 Å². The van der Waals surface area contributed by atoms with Gasteiger partial charge in [0.2, 0.25) is 5.91 Å². The maximum absolute atomic E-state index is 12.8. The van der Waals surface area contributed by atoms with E-state index in [1.807, 2.05) is 56.9 Å². The summed E-state index contributed by atoms with van der Waals surface area (Å²) in [7, 11) is 0. The lowest BCUT2D eigenvalue weighted by Crippen LogP contribution is -2.35. The highest BCUT2D eigenvalue weighted by Gasteiger charge is 2.27. The SMILES string of the molecule is CCN(CC)C(=O)C(C)Cc1cc2c(s1)-n1c(C)nnc1CN=C2c1ccccc1Cl. The summed E-state index contributed by atoms with van der Waals surface area (Å²) in [6, 6.07) is 9.92. The van der Waals surface area contributed by atoms with Crippen LogP contribution in [0.5, 0.6) is 0 Å². The van der Waals surface area contributed by atoms with Crippen molar-refractivity contribution in [2.45, 2.75) is 40.7 Å². The van der Waals surface area contributed by atoms with E-state index >= 15 is 0 Å². The van der Waals surface area contributed by atoms with Gasteiger partial charge in [0.25, 0.3) is 0 Å². The zero-order valence-corrected chi connectivity index (χ0v) is 19.8. The number of aryl methyl sites for hydroxylation is 1. The van der Waals surface area contributed by atoms with Gasteiger partial charge in [0.1, 0.15) is 17.4 Å². The molecule has 1 amide bonds. The molecule has 0 bridgehead atoms. The molecular weight excluding hydrogens is 430 g/mol. The topological polar surface area (TPSA) is 63.4 Å². The molecule has 0 radical (unpaired) electrons. The highest BCUT2D eigenvalue weighted by Crippen LogP contribution is 2.35. The number of aromatic nitrogens is 3. The van der Waals surface area contributed by atoms with Crippen molar-refractivity contribution in [2.75, 3.05) is 13.1 Å². The predicted molar refractivity (Wildman–Crippen MR) is 126 cm³/mol. The molecule has 8 heteroatoms. The van der Waals surface area contributed by atoms with Crippen molar-refractivity contribution in [2.24, 2.45) is 10.9 Å². The number of carbonyl (C=O) groups excluding carboxylic acids is 1. The lowest BCUT2D eigenvalue weighted by Gasteiger charge is -2.22. The normalized spacial score (nSPS) is 13.8. The summed E-state index contributed by atoms with van der Waals surface area (Å²) in [5, 5.41) is 10.3. The third-order valence-electron chi connectivity index (χ3n) is 5.63. The van der Waals surface area contributed by atoms with Crippen LogP contribution in [0.1, 0.15) is 48.4 Å². The fourth-order valence-electron chi connectivity index (χ4n) is 3.99. The molecule has 0 N–H and O–H groups in total. The second-order valence-corrected chi connectivity index (χ2v) is 9.21. The Balaban J connectivity index is 1.77. The van der Waals surface area contributed by atoms with E-state index in [1.165, 1.54) is 0 Å². The number of benzene rings is 1. The fraction of sp³-hybridized carbons (Fsp3) is 0.391. The van der Waals surface area contributed by atoms with E-state index in [9.17, 15) is 4.79 Å². The van der Waals surface area contributed by atoms with Gasteiger partial charge in [-0.1, -0.05) is 36.7 Å². The summed E-state index contributed by atoms with van der Waals surface area (Å²) in [6.07, 6.45) is 0.680. The zero-order valence-electron chi connectivity index (χ0n) is 18.2.